The van der Waals surface area contributed by atoms with E-state index in [-0.39, 0.29) is 12.2 Å². The van der Waals surface area contributed by atoms with Gasteiger partial charge in [0.1, 0.15) is 5.60 Å². The second-order valence-electron chi connectivity index (χ2n) is 4.82. The van der Waals surface area contributed by atoms with Crippen LogP contribution in [-0.4, -0.2) is 23.9 Å². The molecule has 0 aromatic rings. The van der Waals surface area contributed by atoms with Crippen molar-refractivity contribution in [3.8, 4) is 0 Å². The van der Waals surface area contributed by atoms with Crippen molar-refractivity contribution in [1.82, 2.24) is 0 Å². The smallest absolute Gasteiger partial charge is 0.418 e. The number of nitrogens with two attached hydrogens (primary N) is 1. The number of hydrogen-bond acceptors (Lipinski definition) is 4. The number of rotatable bonds is 7. The van der Waals surface area contributed by atoms with Crippen LogP contribution in [0.25, 0.3) is 0 Å². The summed E-state index contributed by atoms with van der Waals surface area (Å²) < 4.78 is 4.67. The van der Waals surface area contributed by atoms with E-state index in [9.17, 15) is 9.59 Å². The molecule has 0 aromatic carbocycles. The van der Waals surface area contributed by atoms with Crippen LogP contribution in [0.15, 0.2) is 0 Å². The minimum absolute atomic E-state index is 0.0797. The van der Waals surface area contributed by atoms with Gasteiger partial charge in [0.2, 0.25) is 0 Å². The van der Waals surface area contributed by atoms with Gasteiger partial charge < -0.3 is 10.5 Å². The lowest BCUT2D eigenvalue weighted by Gasteiger charge is -2.23. The van der Waals surface area contributed by atoms with Gasteiger partial charge in [-0.05, 0) is 26.2 Å². The van der Waals surface area contributed by atoms with Crippen LogP contribution in [0.3, 0.4) is 0 Å². The molecule has 0 fully saturated rings. The maximum Gasteiger partial charge on any atom is 0.418 e. The average Bonchev–Trinajstić information content (AvgIpc) is 2.01. The Hall–Kier alpha value is -0.900. The Morgan fingerprint density at radius 2 is 2.00 bits per heavy atom. The minimum atomic E-state index is -0.812. The molecule has 87 valence electrons. The van der Waals surface area contributed by atoms with Crippen LogP contribution in [0.1, 0.15) is 40.5 Å². The van der Waals surface area contributed by atoms with E-state index in [2.05, 4.69) is 4.74 Å². The van der Waals surface area contributed by atoms with Gasteiger partial charge in [-0.1, -0.05) is 13.8 Å². The molecule has 0 aliphatic heterocycles. The number of hydrogen-bond donors (Lipinski definition) is 1. The maximum atomic E-state index is 11.6. The summed E-state index contributed by atoms with van der Waals surface area (Å²) in [5.41, 5.74) is 4.91. The van der Waals surface area contributed by atoms with Crippen molar-refractivity contribution in [3.05, 3.63) is 0 Å². The molecule has 4 heteroatoms. The SMILES string of the molecule is CC(C)C[C@H](N)C(=O)CC(C)(C)O[C]=O. The fraction of sp³-hybridized carbons (Fsp3) is 0.818. The van der Waals surface area contributed by atoms with Gasteiger partial charge in [-0.2, -0.15) is 0 Å². The van der Waals surface area contributed by atoms with Gasteiger partial charge in [0.15, 0.2) is 5.78 Å². The third kappa shape index (κ3) is 6.23. The summed E-state index contributed by atoms with van der Waals surface area (Å²) in [5, 5.41) is 0. The van der Waals surface area contributed by atoms with Crippen LogP contribution >= 0.6 is 0 Å². The summed E-state index contributed by atoms with van der Waals surface area (Å²) in [6, 6.07) is -0.473. The van der Waals surface area contributed by atoms with E-state index in [1.54, 1.807) is 13.8 Å². The average molecular weight is 214 g/mol. The fourth-order valence-electron chi connectivity index (χ4n) is 1.34. The molecule has 4 nitrogen and oxygen atoms in total. The molecule has 0 saturated heterocycles. The first-order chi connectivity index (χ1) is 6.78. The molecular weight excluding hydrogens is 194 g/mol. The second kappa shape index (κ2) is 5.85. The van der Waals surface area contributed by atoms with Crippen molar-refractivity contribution in [1.29, 1.82) is 0 Å². The van der Waals surface area contributed by atoms with Gasteiger partial charge in [0, 0.05) is 6.42 Å². The number of Topliss-reactive ketones (excluding diaryl/α,β-unsaturated/α-hetero) is 1. The number of carbonyl (C=O) groups is 1. The Morgan fingerprint density at radius 1 is 1.47 bits per heavy atom. The first-order valence-electron chi connectivity index (χ1n) is 5.12. The van der Waals surface area contributed by atoms with Gasteiger partial charge in [0.25, 0.3) is 0 Å². The van der Waals surface area contributed by atoms with Crippen LogP contribution in [0.5, 0.6) is 0 Å². The van der Waals surface area contributed by atoms with Crippen molar-refractivity contribution in [2.24, 2.45) is 11.7 Å². The molecule has 0 amide bonds. The zero-order chi connectivity index (χ0) is 12.1. The molecule has 0 aliphatic rings. The Kier molecular flexibility index (Phi) is 5.50. The first kappa shape index (κ1) is 14.1. The second-order valence-corrected chi connectivity index (χ2v) is 4.82. The molecule has 0 bridgehead atoms. The number of ketones is 1. The number of ether oxygens (including phenoxy) is 1. The zero-order valence-electron chi connectivity index (χ0n) is 9.87. The van der Waals surface area contributed by atoms with Gasteiger partial charge in [-0.3, -0.25) is 4.79 Å². The predicted molar refractivity (Wildman–Crippen MR) is 57.9 cm³/mol. The van der Waals surface area contributed by atoms with Crippen molar-refractivity contribution >= 4 is 12.3 Å². The van der Waals surface area contributed by atoms with Gasteiger partial charge >= 0.3 is 6.47 Å². The molecule has 2 N–H and O–H groups in total. The van der Waals surface area contributed by atoms with Crippen LogP contribution in [0.4, 0.5) is 0 Å². The summed E-state index contributed by atoms with van der Waals surface area (Å²) in [7, 11) is 0. The van der Waals surface area contributed by atoms with E-state index >= 15 is 0 Å². The number of carbonyl (C=O) groups excluding carboxylic acids is 2. The molecule has 0 saturated carbocycles. The molecule has 1 atom stereocenters. The monoisotopic (exact) mass is 214 g/mol. The van der Waals surface area contributed by atoms with E-state index in [1.165, 1.54) is 6.47 Å². The largest absolute Gasteiger partial charge is 0.451 e. The Bertz CT molecular complexity index is 224. The molecule has 0 aromatic heterocycles. The fourth-order valence-corrected chi connectivity index (χ4v) is 1.34. The lowest BCUT2D eigenvalue weighted by molar-refractivity contribution is -0.124. The molecule has 15 heavy (non-hydrogen) atoms. The van der Waals surface area contributed by atoms with Crippen LogP contribution in [0, 0.1) is 5.92 Å². The van der Waals surface area contributed by atoms with E-state index < -0.39 is 11.6 Å². The van der Waals surface area contributed by atoms with Crippen molar-refractivity contribution < 1.29 is 14.3 Å². The van der Waals surface area contributed by atoms with Crippen LogP contribution in [0.2, 0.25) is 0 Å². The van der Waals surface area contributed by atoms with Crippen LogP contribution in [-0.2, 0) is 14.3 Å². The minimum Gasteiger partial charge on any atom is -0.451 e. The molecule has 1 radical (unpaired) electrons. The van der Waals surface area contributed by atoms with E-state index in [1.807, 2.05) is 13.8 Å². The highest BCUT2D eigenvalue weighted by molar-refractivity contribution is 5.84. The molecule has 0 rings (SSSR count). The standard InChI is InChI=1S/C11H20NO3/c1-8(2)5-9(12)10(14)6-11(3,4)15-7-13/h8-9H,5-6,12H2,1-4H3/t9-/m0/s1. The van der Waals surface area contributed by atoms with Gasteiger partial charge in [-0.15, -0.1) is 0 Å². The molecule has 0 aliphatic carbocycles. The summed E-state index contributed by atoms with van der Waals surface area (Å²) in [6.07, 6.45) is 0.788. The van der Waals surface area contributed by atoms with Crippen molar-refractivity contribution in [3.63, 3.8) is 0 Å². The van der Waals surface area contributed by atoms with E-state index in [0.717, 1.165) is 0 Å². The highest BCUT2D eigenvalue weighted by Gasteiger charge is 2.26. The van der Waals surface area contributed by atoms with E-state index in [4.69, 9.17) is 5.73 Å². The van der Waals surface area contributed by atoms with Gasteiger partial charge in [-0.25, -0.2) is 4.79 Å². The summed E-state index contributed by atoms with van der Waals surface area (Å²) in [6.45, 7) is 8.69. The molecule has 0 spiro atoms. The Morgan fingerprint density at radius 3 is 2.40 bits per heavy atom. The topological polar surface area (TPSA) is 69.4 Å². The maximum absolute atomic E-state index is 11.6. The quantitative estimate of drug-likeness (QED) is 0.691. The first-order valence-corrected chi connectivity index (χ1v) is 5.12. The summed E-state index contributed by atoms with van der Waals surface area (Å²) in [4.78, 5) is 21.7. The molecular formula is C11H20NO3. The molecule has 0 heterocycles. The molecule has 0 unspecified atom stereocenters. The van der Waals surface area contributed by atoms with Crippen molar-refractivity contribution in [2.45, 2.75) is 52.2 Å². The summed E-state index contributed by atoms with van der Waals surface area (Å²) in [5.74, 6) is 0.301. The Labute approximate surface area is 91.2 Å². The third-order valence-electron chi connectivity index (χ3n) is 2.06. The van der Waals surface area contributed by atoms with Crippen molar-refractivity contribution in [2.75, 3.05) is 0 Å². The lowest BCUT2D eigenvalue weighted by Crippen LogP contribution is -2.38. The van der Waals surface area contributed by atoms with Crippen LogP contribution < -0.4 is 5.73 Å². The highest BCUT2D eigenvalue weighted by Crippen LogP contribution is 2.16. The zero-order valence-corrected chi connectivity index (χ0v) is 9.87. The third-order valence-corrected chi connectivity index (χ3v) is 2.06. The van der Waals surface area contributed by atoms with E-state index in [0.29, 0.717) is 12.3 Å². The Balaban J connectivity index is 4.17. The lowest BCUT2D eigenvalue weighted by atomic mass is 9.93. The highest BCUT2D eigenvalue weighted by atomic mass is 16.5. The van der Waals surface area contributed by atoms with Gasteiger partial charge in [0.05, 0.1) is 6.04 Å². The summed E-state index contributed by atoms with van der Waals surface area (Å²) >= 11 is 0. The normalized spacial score (nSPS) is 13.7. The predicted octanol–water partition coefficient (Wildman–Crippen LogP) is 1.18.